The molecule has 0 aliphatic heterocycles. The average Bonchev–Trinajstić information content (AvgIpc) is 2.07. The van der Waals surface area contributed by atoms with Gasteiger partial charge in [0.1, 0.15) is 5.82 Å². The molecule has 0 aliphatic carbocycles. The summed E-state index contributed by atoms with van der Waals surface area (Å²) in [5.74, 6) is 0.875. The molecule has 0 aromatic carbocycles. The third-order valence-electron chi connectivity index (χ3n) is 1.75. The SMILES string of the molecule is CCCNc1cnc(C)c(C)n1. The summed E-state index contributed by atoms with van der Waals surface area (Å²) < 4.78 is 0. The summed E-state index contributed by atoms with van der Waals surface area (Å²) in [5.41, 5.74) is 1.99. The van der Waals surface area contributed by atoms with Crippen LogP contribution in [0.1, 0.15) is 24.7 Å². The van der Waals surface area contributed by atoms with Gasteiger partial charge < -0.3 is 5.32 Å². The number of aromatic nitrogens is 2. The van der Waals surface area contributed by atoms with Crippen LogP contribution >= 0.6 is 0 Å². The highest BCUT2D eigenvalue weighted by molar-refractivity contribution is 5.32. The molecule has 0 radical (unpaired) electrons. The van der Waals surface area contributed by atoms with E-state index in [4.69, 9.17) is 0 Å². The standard InChI is InChI=1S/C9H15N3/c1-4-5-10-9-6-11-7(2)8(3)12-9/h6H,4-5H2,1-3H3,(H,10,12). The molecule has 0 atom stereocenters. The van der Waals surface area contributed by atoms with Crippen molar-refractivity contribution in [2.24, 2.45) is 0 Å². The highest BCUT2D eigenvalue weighted by atomic mass is 15.0. The molecular weight excluding hydrogens is 150 g/mol. The molecule has 3 heteroatoms. The lowest BCUT2D eigenvalue weighted by Gasteiger charge is -2.04. The monoisotopic (exact) mass is 165 g/mol. The first-order valence-corrected chi connectivity index (χ1v) is 4.28. The van der Waals surface area contributed by atoms with E-state index < -0.39 is 0 Å². The van der Waals surface area contributed by atoms with Crippen LogP contribution < -0.4 is 5.32 Å². The summed E-state index contributed by atoms with van der Waals surface area (Å²) in [7, 11) is 0. The van der Waals surface area contributed by atoms with E-state index in [1.165, 1.54) is 0 Å². The maximum atomic E-state index is 4.34. The van der Waals surface area contributed by atoms with Crippen LogP contribution in [0.5, 0.6) is 0 Å². The first kappa shape index (κ1) is 8.97. The Morgan fingerprint density at radius 3 is 2.67 bits per heavy atom. The van der Waals surface area contributed by atoms with Crippen LogP contribution in [-0.2, 0) is 0 Å². The fraction of sp³-hybridized carbons (Fsp3) is 0.556. The molecule has 12 heavy (non-hydrogen) atoms. The predicted octanol–water partition coefficient (Wildman–Crippen LogP) is 1.92. The van der Waals surface area contributed by atoms with Gasteiger partial charge in [0.15, 0.2) is 0 Å². The van der Waals surface area contributed by atoms with Crippen LogP contribution in [0.25, 0.3) is 0 Å². The van der Waals surface area contributed by atoms with Crippen molar-refractivity contribution in [3.05, 3.63) is 17.6 Å². The van der Waals surface area contributed by atoms with Crippen molar-refractivity contribution in [1.82, 2.24) is 9.97 Å². The first-order valence-electron chi connectivity index (χ1n) is 4.28. The second-order valence-corrected chi connectivity index (χ2v) is 2.85. The van der Waals surface area contributed by atoms with Gasteiger partial charge in [-0.3, -0.25) is 4.98 Å². The Balaban J connectivity index is 2.69. The van der Waals surface area contributed by atoms with Gasteiger partial charge in [-0.2, -0.15) is 0 Å². The first-order chi connectivity index (χ1) is 5.74. The molecule has 1 aromatic heterocycles. The lowest BCUT2D eigenvalue weighted by atomic mass is 10.3. The summed E-state index contributed by atoms with van der Waals surface area (Å²) in [6.45, 7) is 7.02. The minimum Gasteiger partial charge on any atom is -0.369 e. The van der Waals surface area contributed by atoms with Crippen molar-refractivity contribution < 1.29 is 0 Å². The van der Waals surface area contributed by atoms with Crippen LogP contribution in [0.2, 0.25) is 0 Å². The van der Waals surface area contributed by atoms with E-state index in [-0.39, 0.29) is 0 Å². The van der Waals surface area contributed by atoms with Crippen molar-refractivity contribution in [3.8, 4) is 0 Å². The fourth-order valence-corrected chi connectivity index (χ4v) is 0.880. The number of hydrogen-bond acceptors (Lipinski definition) is 3. The molecule has 0 saturated carbocycles. The normalized spacial score (nSPS) is 9.92. The van der Waals surface area contributed by atoms with E-state index in [1.807, 2.05) is 13.8 Å². The van der Waals surface area contributed by atoms with Gasteiger partial charge in [-0.05, 0) is 20.3 Å². The van der Waals surface area contributed by atoms with Gasteiger partial charge in [0, 0.05) is 6.54 Å². The lowest BCUT2D eigenvalue weighted by Crippen LogP contribution is -2.04. The molecule has 1 heterocycles. The highest BCUT2D eigenvalue weighted by Gasteiger charge is 1.96. The van der Waals surface area contributed by atoms with Crippen LogP contribution in [0, 0.1) is 13.8 Å². The Labute approximate surface area is 73.2 Å². The molecule has 0 aliphatic rings. The van der Waals surface area contributed by atoms with Gasteiger partial charge in [-0.25, -0.2) is 4.98 Å². The minimum atomic E-state index is 0.875. The Hall–Kier alpha value is -1.12. The summed E-state index contributed by atoms with van der Waals surface area (Å²) >= 11 is 0. The quantitative estimate of drug-likeness (QED) is 0.743. The Kier molecular flexibility index (Phi) is 3.02. The van der Waals surface area contributed by atoms with Crippen molar-refractivity contribution in [2.45, 2.75) is 27.2 Å². The maximum Gasteiger partial charge on any atom is 0.144 e. The van der Waals surface area contributed by atoms with E-state index in [0.29, 0.717) is 0 Å². The minimum absolute atomic E-state index is 0.875. The zero-order chi connectivity index (χ0) is 8.97. The molecule has 0 fully saturated rings. The molecule has 1 rings (SSSR count). The smallest absolute Gasteiger partial charge is 0.144 e. The van der Waals surface area contributed by atoms with Gasteiger partial charge in [0.2, 0.25) is 0 Å². The molecule has 66 valence electrons. The highest BCUT2D eigenvalue weighted by Crippen LogP contribution is 2.04. The van der Waals surface area contributed by atoms with Crippen molar-refractivity contribution in [2.75, 3.05) is 11.9 Å². The molecule has 0 amide bonds. The van der Waals surface area contributed by atoms with Gasteiger partial charge in [-0.15, -0.1) is 0 Å². The summed E-state index contributed by atoms with van der Waals surface area (Å²) in [6.07, 6.45) is 2.88. The summed E-state index contributed by atoms with van der Waals surface area (Å²) in [5, 5.41) is 3.19. The summed E-state index contributed by atoms with van der Waals surface area (Å²) in [4.78, 5) is 8.54. The van der Waals surface area contributed by atoms with Crippen LogP contribution in [0.4, 0.5) is 5.82 Å². The van der Waals surface area contributed by atoms with Crippen molar-refractivity contribution >= 4 is 5.82 Å². The average molecular weight is 165 g/mol. The number of hydrogen-bond donors (Lipinski definition) is 1. The molecular formula is C9H15N3. The van der Waals surface area contributed by atoms with Crippen molar-refractivity contribution in [1.29, 1.82) is 0 Å². The number of nitrogens with zero attached hydrogens (tertiary/aromatic N) is 2. The summed E-state index contributed by atoms with van der Waals surface area (Å²) in [6, 6.07) is 0. The lowest BCUT2D eigenvalue weighted by molar-refractivity contribution is 0.951. The van der Waals surface area contributed by atoms with E-state index in [1.54, 1.807) is 6.20 Å². The number of nitrogens with one attached hydrogen (secondary N) is 1. The molecule has 0 unspecified atom stereocenters. The van der Waals surface area contributed by atoms with Gasteiger partial charge >= 0.3 is 0 Å². The Bertz CT molecular complexity index is 258. The second kappa shape index (κ2) is 4.04. The van der Waals surface area contributed by atoms with Crippen LogP contribution in [-0.4, -0.2) is 16.5 Å². The Morgan fingerprint density at radius 2 is 2.08 bits per heavy atom. The predicted molar refractivity (Wildman–Crippen MR) is 50.3 cm³/mol. The number of anilines is 1. The van der Waals surface area contributed by atoms with E-state index in [9.17, 15) is 0 Å². The number of rotatable bonds is 3. The topological polar surface area (TPSA) is 37.8 Å². The maximum absolute atomic E-state index is 4.34. The molecule has 1 N–H and O–H groups in total. The third kappa shape index (κ3) is 2.19. The second-order valence-electron chi connectivity index (χ2n) is 2.85. The van der Waals surface area contributed by atoms with Gasteiger partial charge in [-0.1, -0.05) is 6.92 Å². The van der Waals surface area contributed by atoms with Crippen molar-refractivity contribution in [3.63, 3.8) is 0 Å². The molecule has 1 aromatic rings. The molecule has 0 saturated heterocycles. The van der Waals surface area contributed by atoms with Crippen LogP contribution in [0.3, 0.4) is 0 Å². The van der Waals surface area contributed by atoms with E-state index in [0.717, 1.165) is 30.2 Å². The van der Waals surface area contributed by atoms with Gasteiger partial charge in [0.25, 0.3) is 0 Å². The van der Waals surface area contributed by atoms with E-state index in [2.05, 4.69) is 22.2 Å². The fourth-order valence-electron chi connectivity index (χ4n) is 0.880. The number of aryl methyl sites for hydroxylation is 2. The zero-order valence-corrected chi connectivity index (χ0v) is 7.89. The molecule has 0 bridgehead atoms. The van der Waals surface area contributed by atoms with Gasteiger partial charge in [0.05, 0.1) is 17.6 Å². The molecule has 3 nitrogen and oxygen atoms in total. The zero-order valence-electron chi connectivity index (χ0n) is 7.89. The Morgan fingerprint density at radius 1 is 1.33 bits per heavy atom. The molecule has 0 spiro atoms. The van der Waals surface area contributed by atoms with Crippen LogP contribution in [0.15, 0.2) is 6.20 Å². The van der Waals surface area contributed by atoms with E-state index >= 15 is 0 Å². The largest absolute Gasteiger partial charge is 0.369 e. The third-order valence-corrected chi connectivity index (χ3v) is 1.75.